The maximum Gasteiger partial charge on any atom is 0.226 e. The largest absolute Gasteiger partial charge is 0.326 e. The van der Waals surface area contributed by atoms with E-state index in [0.29, 0.717) is 15.7 Å². The van der Waals surface area contributed by atoms with E-state index < -0.39 is 0 Å². The maximum absolute atomic E-state index is 12.2. The molecule has 0 saturated heterocycles. The zero-order chi connectivity index (χ0) is 18.6. The van der Waals surface area contributed by atoms with Crippen LogP contribution in [-0.4, -0.2) is 18.4 Å². The van der Waals surface area contributed by atoms with Gasteiger partial charge in [0.05, 0.1) is 0 Å². The summed E-state index contributed by atoms with van der Waals surface area (Å²) in [5.41, 5.74) is 3.24. The van der Waals surface area contributed by atoms with Crippen LogP contribution >= 0.6 is 23.2 Å². The van der Waals surface area contributed by atoms with Crippen LogP contribution in [-0.2, 0) is 9.59 Å². The molecule has 2 aromatic rings. The van der Waals surface area contributed by atoms with Crippen molar-refractivity contribution in [1.82, 2.24) is 0 Å². The number of benzene rings is 2. The van der Waals surface area contributed by atoms with Gasteiger partial charge in [0.15, 0.2) is 0 Å². The molecular formula is C19H20Cl2N2O2. The van der Waals surface area contributed by atoms with Gasteiger partial charge in [0, 0.05) is 41.3 Å². The third kappa shape index (κ3) is 5.21. The first-order chi connectivity index (χ1) is 11.8. The highest BCUT2D eigenvalue weighted by atomic mass is 35.5. The Bertz CT molecular complexity index is 806. The van der Waals surface area contributed by atoms with Gasteiger partial charge in [-0.3, -0.25) is 9.59 Å². The van der Waals surface area contributed by atoms with Crippen LogP contribution in [0.4, 0.5) is 11.4 Å². The lowest BCUT2D eigenvalue weighted by Gasteiger charge is -2.23. The minimum Gasteiger partial charge on any atom is -0.326 e. The summed E-state index contributed by atoms with van der Waals surface area (Å²) < 4.78 is 0. The number of nitrogens with zero attached hydrogens (tertiary/aromatic N) is 1. The average molecular weight is 379 g/mol. The van der Waals surface area contributed by atoms with Crippen molar-refractivity contribution < 1.29 is 9.59 Å². The van der Waals surface area contributed by atoms with Gasteiger partial charge in [0.2, 0.25) is 11.8 Å². The first-order valence-electron chi connectivity index (χ1n) is 7.88. The molecule has 0 saturated carbocycles. The highest BCUT2D eigenvalue weighted by molar-refractivity contribution is 6.31. The molecule has 6 heteroatoms. The van der Waals surface area contributed by atoms with Crippen LogP contribution in [0, 0.1) is 13.8 Å². The fourth-order valence-electron chi connectivity index (χ4n) is 2.56. The number of hydrogen-bond donors (Lipinski definition) is 1. The molecule has 0 aliphatic heterocycles. The van der Waals surface area contributed by atoms with Crippen molar-refractivity contribution in [2.45, 2.75) is 27.2 Å². The first-order valence-corrected chi connectivity index (χ1v) is 8.64. The molecule has 0 aliphatic rings. The van der Waals surface area contributed by atoms with E-state index in [4.69, 9.17) is 23.2 Å². The summed E-state index contributed by atoms with van der Waals surface area (Å²) in [6.07, 6.45) is 0.184. The molecule has 132 valence electrons. The normalized spacial score (nSPS) is 10.4. The van der Waals surface area contributed by atoms with Crippen molar-refractivity contribution in [2.24, 2.45) is 0 Å². The summed E-state index contributed by atoms with van der Waals surface area (Å²) in [6.45, 7) is 5.53. The lowest BCUT2D eigenvalue weighted by atomic mass is 10.1. The van der Waals surface area contributed by atoms with Gasteiger partial charge in [-0.05, 0) is 61.4 Å². The molecule has 25 heavy (non-hydrogen) atoms. The lowest BCUT2D eigenvalue weighted by molar-refractivity contribution is -0.117. The molecule has 2 amide bonds. The number of carbonyl (C=O) groups excluding carboxylic acids is 2. The van der Waals surface area contributed by atoms with E-state index in [-0.39, 0.29) is 24.8 Å². The highest BCUT2D eigenvalue weighted by Gasteiger charge is 2.16. The number of nitrogens with one attached hydrogen (secondary N) is 1. The Kier molecular flexibility index (Phi) is 6.45. The Hall–Kier alpha value is -2.04. The Morgan fingerprint density at radius 1 is 1.00 bits per heavy atom. The van der Waals surface area contributed by atoms with Crippen LogP contribution in [0.15, 0.2) is 36.4 Å². The SMILES string of the molecule is CC(=O)N(CCC(=O)Nc1ccc(Cl)cc1C)c1ccc(Cl)cc1C. The van der Waals surface area contributed by atoms with Gasteiger partial charge >= 0.3 is 0 Å². The molecule has 0 heterocycles. The monoisotopic (exact) mass is 378 g/mol. The summed E-state index contributed by atoms with van der Waals surface area (Å²) in [5.74, 6) is -0.288. The van der Waals surface area contributed by atoms with E-state index in [1.54, 1.807) is 41.3 Å². The molecule has 0 aliphatic carbocycles. The molecule has 1 N–H and O–H groups in total. The fraction of sp³-hybridized carbons (Fsp3) is 0.263. The second-order valence-corrected chi connectivity index (χ2v) is 6.73. The van der Waals surface area contributed by atoms with Crippen molar-refractivity contribution in [3.63, 3.8) is 0 Å². The van der Waals surface area contributed by atoms with Crippen LogP contribution in [0.25, 0.3) is 0 Å². The Morgan fingerprint density at radius 3 is 2.16 bits per heavy atom. The topological polar surface area (TPSA) is 49.4 Å². The van der Waals surface area contributed by atoms with Gasteiger partial charge < -0.3 is 10.2 Å². The van der Waals surface area contributed by atoms with Crippen LogP contribution in [0.2, 0.25) is 10.0 Å². The molecule has 2 aromatic carbocycles. The first kappa shape index (κ1) is 19.3. The van der Waals surface area contributed by atoms with Crippen LogP contribution < -0.4 is 10.2 Å². The Labute approximate surface area is 157 Å². The second-order valence-electron chi connectivity index (χ2n) is 5.86. The van der Waals surface area contributed by atoms with Gasteiger partial charge in [-0.15, -0.1) is 0 Å². The number of amides is 2. The second kappa shape index (κ2) is 8.37. The van der Waals surface area contributed by atoms with E-state index in [1.807, 2.05) is 13.8 Å². The molecule has 0 bridgehead atoms. The van der Waals surface area contributed by atoms with Crippen molar-refractivity contribution in [1.29, 1.82) is 0 Å². The molecule has 0 radical (unpaired) electrons. The minimum absolute atomic E-state index is 0.124. The van der Waals surface area contributed by atoms with E-state index in [9.17, 15) is 9.59 Å². The quantitative estimate of drug-likeness (QED) is 0.796. The summed E-state index contributed by atoms with van der Waals surface area (Å²) >= 11 is 11.9. The Balaban J connectivity index is 2.05. The number of hydrogen-bond acceptors (Lipinski definition) is 2. The summed E-state index contributed by atoms with van der Waals surface area (Å²) in [5, 5.41) is 4.08. The summed E-state index contributed by atoms with van der Waals surface area (Å²) in [7, 11) is 0. The minimum atomic E-state index is -0.164. The predicted molar refractivity (Wildman–Crippen MR) is 104 cm³/mol. The van der Waals surface area contributed by atoms with Gasteiger partial charge in [-0.1, -0.05) is 23.2 Å². The van der Waals surface area contributed by atoms with E-state index in [1.165, 1.54) is 6.92 Å². The molecule has 4 nitrogen and oxygen atoms in total. The third-order valence-corrected chi connectivity index (χ3v) is 4.32. The summed E-state index contributed by atoms with van der Waals surface area (Å²) in [6, 6.07) is 10.6. The smallest absolute Gasteiger partial charge is 0.226 e. The highest BCUT2D eigenvalue weighted by Crippen LogP contribution is 2.24. The standard InChI is InChI=1S/C19H20Cl2N2O2/c1-12-10-15(20)4-6-17(12)22-19(25)8-9-23(14(3)24)18-7-5-16(21)11-13(18)2/h4-7,10-11H,8-9H2,1-3H3,(H,22,25). The molecule has 0 atom stereocenters. The van der Waals surface area contributed by atoms with Crippen LogP contribution in [0.1, 0.15) is 24.5 Å². The number of carbonyl (C=O) groups is 2. The van der Waals surface area contributed by atoms with Gasteiger partial charge in [0.1, 0.15) is 0 Å². The van der Waals surface area contributed by atoms with Crippen molar-refractivity contribution in [3.05, 3.63) is 57.6 Å². The zero-order valence-electron chi connectivity index (χ0n) is 14.4. The van der Waals surface area contributed by atoms with E-state index in [0.717, 1.165) is 16.8 Å². The van der Waals surface area contributed by atoms with E-state index in [2.05, 4.69) is 5.32 Å². The third-order valence-electron chi connectivity index (χ3n) is 3.85. The number of rotatable bonds is 5. The average Bonchev–Trinajstić information content (AvgIpc) is 2.52. The van der Waals surface area contributed by atoms with E-state index >= 15 is 0 Å². The molecule has 0 spiro atoms. The van der Waals surface area contributed by atoms with Crippen LogP contribution in [0.3, 0.4) is 0 Å². The molecule has 2 rings (SSSR count). The van der Waals surface area contributed by atoms with Crippen molar-refractivity contribution in [3.8, 4) is 0 Å². The molecular weight excluding hydrogens is 359 g/mol. The van der Waals surface area contributed by atoms with Crippen molar-refractivity contribution in [2.75, 3.05) is 16.8 Å². The number of aryl methyl sites for hydroxylation is 2. The van der Waals surface area contributed by atoms with Gasteiger partial charge in [-0.25, -0.2) is 0 Å². The van der Waals surface area contributed by atoms with Gasteiger partial charge in [-0.2, -0.15) is 0 Å². The Morgan fingerprint density at radius 2 is 1.60 bits per heavy atom. The summed E-state index contributed by atoms with van der Waals surface area (Å²) in [4.78, 5) is 25.8. The fourth-order valence-corrected chi connectivity index (χ4v) is 3.02. The lowest BCUT2D eigenvalue weighted by Crippen LogP contribution is -2.32. The predicted octanol–water partition coefficient (Wildman–Crippen LogP) is 4.99. The maximum atomic E-state index is 12.2. The molecule has 0 aromatic heterocycles. The zero-order valence-corrected chi connectivity index (χ0v) is 15.9. The number of halogens is 2. The number of anilines is 2. The van der Waals surface area contributed by atoms with Crippen molar-refractivity contribution >= 4 is 46.4 Å². The van der Waals surface area contributed by atoms with Gasteiger partial charge in [0.25, 0.3) is 0 Å². The molecule has 0 unspecified atom stereocenters. The molecule has 0 fully saturated rings. The van der Waals surface area contributed by atoms with Crippen LogP contribution in [0.5, 0.6) is 0 Å².